The summed E-state index contributed by atoms with van der Waals surface area (Å²) in [6.45, 7) is 2.67. The number of halogens is 1. The molecule has 0 spiro atoms. The topological polar surface area (TPSA) is 40.5 Å². The number of hydrogen-bond donors (Lipinski definition) is 1. The van der Waals surface area contributed by atoms with E-state index in [1.807, 2.05) is 23.9 Å². The first-order chi connectivity index (χ1) is 9.13. The third kappa shape index (κ3) is 5.05. The van der Waals surface area contributed by atoms with E-state index in [9.17, 15) is 4.79 Å². The lowest BCUT2D eigenvalue weighted by Crippen LogP contribution is -2.36. The number of carboxylic acid groups (broad SMARTS) is 1. The summed E-state index contributed by atoms with van der Waals surface area (Å²) >= 11 is 7.77. The van der Waals surface area contributed by atoms with Crippen molar-refractivity contribution in [3.05, 3.63) is 29.3 Å². The minimum absolute atomic E-state index is 0.245. The Morgan fingerprint density at radius 1 is 1.32 bits per heavy atom. The van der Waals surface area contributed by atoms with E-state index in [0.29, 0.717) is 11.8 Å². The van der Waals surface area contributed by atoms with Crippen LogP contribution in [0.15, 0.2) is 29.2 Å². The Labute approximate surface area is 122 Å². The molecule has 5 heteroatoms. The van der Waals surface area contributed by atoms with Gasteiger partial charge in [-0.25, -0.2) is 0 Å². The Balaban J connectivity index is 1.74. The predicted octanol–water partition coefficient (Wildman–Crippen LogP) is 3.37. The van der Waals surface area contributed by atoms with Gasteiger partial charge in [0.25, 0.3) is 0 Å². The van der Waals surface area contributed by atoms with Gasteiger partial charge < -0.3 is 10.0 Å². The van der Waals surface area contributed by atoms with Crippen LogP contribution in [0.2, 0.25) is 5.02 Å². The van der Waals surface area contributed by atoms with Crippen LogP contribution in [-0.2, 0) is 4.79 Å². The summed E-state index contributed by atoms with van der Waals surface area (Å²) in [5.74, 6) is -0.710. The molecule has 2 rings (SSSR count). The largest absolute Gasteiger partial charge is 0.481 e. The molecule has 0 atom stereocenters. The molecule has 19 heavy (non-hydrogen) atoms. The Hall–Kier alpha value is -0.710. The van der Waals surface area contributed by atoms with Gasteiger partial charge in [0.2, 0.25) is 0 Å². The Morgan fingerprint density at radius 3 is 2.53 bits per heavy atom. The second-order valence-electron chi connectivity index (χ2n) is 4.76. The molecule has 1 aliphatic rings. The first-order valence-electron chi connectivity index (χ1n) is 6.50. The second kappa shape index (κ2) is 7.17. The van der Waals surface area contributed by atoms with Gasteiger partial charge in [-0.1, -0.05) is 11.6 Å². The van der Waals surface area contributed by atoms with Crippen LogP contribution in [0.1, 0.15) is 19.3 Å². The predicted molar refractivity (Wildman–Crippen MR) is 79.0 cm³/mol. The molecule has 1 fully saturated rings. The van der Waals surface area contributed by atoms with Gasteiger partial charge in [0.1, 0.15) is 0 Å². The Kier molecular flexibility index (Phi) is 5.55. The molecule has 0 amide bonds. The van der Waals surface area contributed by atoms with E-state index in [0.717, 1.165) is 31.0 Å². The zero-order valence-electron chi connectivity index (χ0n) is 10.7. The fraction of sp³-hybridized carbons (Fsp3) is 0.500. The minimum Gasteiger partial charge on any atom is -0.481 e. The van der Waals surface area contributed by atoms with Crippen LogP contribution in [0.3, 0.4) is 0 Å². The molecule has 3 nitrogen and oxygen atoms in total. The molecular weight excluding hydrogens is 282 g/mol. The molecule has 104 valence electrons. The highest BCUT2D eigenvalue weighted by atomic mass is 35.5. The number of likely N-dealkylation sites (tertiary alicyclic amines) is 1. The molecule has 0 aromatic heterocycles. The number of carbonyl (C=O) groups is 1. The molecular formula is C14H18ClNO2S. The zero-order chi connectivity index (χ0) is 13.7. The Morgan fingerprint density at radius 2 is 1.95 bits per heavy atom. The lowest BCUT2D eigenvalue weighted by Gasteiger charge is -2.31. The maximum absolute atomic E-state index is 10.5. The molecule has 1 N–H and O–H groups in total. The summed E-state index contributed by atoms with van der Waals surface area (Å²) in [4.78, 5) is 14.0. The third-order valence-electron chi connectivity index (χ3n) is 3.29. The number of benzene rings is 1. The summed E-state index contributed by atoms with van der Waals surface area (Å²) < 4.78 is 0. The van der Waals surface area contributed by atoms with Crippen molar-refractivity contribution in [2.45, 2.75) is 29.4 Å². The maximum Gasteiger partial charge on any atom is 0.304 e. The van der Waals surface area contributed by atoms with Crippen LogP contribution in [0, 0.1) is 0 Å². The SMILES string of the molecule is O=C(O)CCN1CCC(Sc2ccc(Cl)cc2)CC1. The fourth-order valence-corrected chi connectivity index (χ4v) is 3.46. The highest BCUT2D eigenvalue weighted by Gasteiger charge is 2.20. The third-order valence-corrected chi connectivity index (χ3v) is 4.89. The molecule has 0 unspecified atom stereocenters. The van der Waals surface area contributed by atoms with Gasteiger partial charge in [-0.15, -0.1) is 11.8 Å². The van der Waals surface area contributed by atoms with Gasteiger partial charge in [0.15, 0.2) is 0 Å². The lowest BCUT2D eigenvalue weighted by molar-refractivity contribution is -0.137. The summed E-state index contributed by atoms with van der Waals surface area (Å²) in [5.41, 5.74) is 0. The number of hydrogen-bond acceptors (Lipinski definition) is 3. The van der Waals surface area contributed by atoms with Crippen molar-refractivity contribution in [1.29, 1.82) is 0 Å². The molecule has 0 aliphatic carbocycles. The van der Waals surface area contributed by atoms with Gasteiger partial charge in [-0.05, 0) is 50.2 Å². The minimum atomic E-state index is -0.710. The van der Waals surface area contributed by atoms with Crippen LogP contribution < -0.4 is 0 Å². The number of rotatable bonds is 5. The van der Waals surface area contributed by atoms with E-state index in [-0.39, 0.29) is 6.42 Å². The van der Waals surface area contributed by atoms with Crippen LogP contribution in [0.5, 0.6) is 0 Å². The van der Waals surface area contributed by atoms with E-state index >= 15 is 0 Å². The first-order valence-corrected chi connectivity index (χ1v) is 7.75. The molecule has 1 aromatic rings. The number of carboxylic acids is 1. The fourth-order valence-electron chi connectivity index (χ4n) is 2.21. The van der Waals surface area contributed by atoms with Crippen molar-refractivity contribution in [1.82, 2.24) is 4.90 Å². The molecule has 1 saturated heterocycles. The number of thioether (sulfide) groups is 1. The zero-order valence-corrected chi connectivity index (χ0v) is 12.3. The van der Waals surface area contributed by atoms with Crippen molar-refractivity contribution in [2.75, 3.05) is 19.6 Å². The lowest BCUT2D eigenvalue weighted by atomic mass is 10.1. The van der Waals surface area contributed by atoms with Gasteiger partial charge in [-0.2, -0.15) is 0 Å². The summed E-state index contributed by atoms with van der Waals surface area (Å²) in [6, 6.07) is 7.96. The molecule has 1 aromatic carbocycles. The van der Waals surface area contributed by atoms with E-state index in [2.05, 4.69) is 17.0 Å². The second-order valence-corrected chi connectivity index (χ2v) is 6.57. The standard InChI is InChI=1S/C14H18ClNO2S/c15-11-1-3-12(4-2-11)19-13-5-8-16(9-6-13)10-7-14(17)18/h1-4,13H,5-10H2,(H,17,18). The summed E-state index contributed by atoms with van der Waals surface area (Å²) in [7, 11) is 0. The van der Waals surface area contributed by atoms with Crippen molar-refractivity contribution in [2.24, 2.45) is 0 Å². The first kappa shape index (κ1) is 14.7. The van der Waals surface area contributed by atoms with Crippen molar-refractivity contribution < 1.29 is 9.90 Å². The van der Waals surface area contributed by atoms with Gasteiger partial charge in [0, 0.05) is 21.7 Å². The highest BCUT2D eigenvalue weighted by molar-refractivity contribution is 8.00. The van der Waals surface area contributed by atoms with E-state index < -0.39 is 5.97 Å². The number of piperidine rings is 1. The molecule has 1 aliphatic heterocycles. The van der Waals surface area contributed by atoms with Crippen molar-refractivity contribution in [3.63, 3.8) is 0 Å². The van der Waals surface area contributed by atoms with Gasteiger partial charge in [0.05, 0.1) is 6.42 Å². The average Bonchev–Trinajstić information content (AvgIpc) is 2.40. The van der Waals surface area contributed by atoms with Crippen LogP contribution >= 0.6 is 23.4 Å². The van der Waals surface area contributed by atoms with Crippen LogP contribution in [0.25, 0.3) is 0 Å². The smallest absolute Gasteiger partial charge is 0.304 e. The monoisotopic (exact) mass is 299 g/mol. The maximum atomic E-state index is 10.5. The average molecular weight is 300 g/mol. The van der Waals surface area contributed by atoms with Crippen LogP contribution in [0.4, 0.5) is 0 Å². The molecule has 1 heterocycles. The van der Waals surface area contributed by atoms with E-state index in [1.54, 1.807) is 0 Å². The van der Waals surface area contributed by atoms with Crippen molar-refractivity contribution in [3.8, 4) is 0 Å². The number of nitrogens with zero attached hydrogens (tertiary/aromatic N) is 1. The Bertz CT molecular complexity index is 416. The molecule has 0 bridgehead atoms. The molecule has 0 radical (unpaired) electrons. The summed E-state index contributed by atoms with van der Waals surface area (Å²) in [6.07, 6.45) is 2.48. The molecule has 0 saturated carbocycles. The number of aliphatic carboxylic acids is 1. The highest BCUT2D eigenvalue weighted by Crippen LogP contribution is 2.30. The van der Waals surface area contributed by atoms with Crippen LogP contribution in [-0.4, -0.2) is 40.9 Å². The van der Waals surface area contributed by atoms with E-state index in [4.69, 9.17) is 16.7 Å². The van der Waals surface area contributed by atoms with Gasteiger partial charge >= 0.3 is 5.97 Å². The summed E-state index contributed by atoms with van der Waals surface area (Å²) in [5, 5.41) is 10.1. The quantitative estimate of drug-likeness (QED) is 0.905. The van der Waals surface area contributed by atoms with E-state index in [1.165, 1.54) is 4.90 Å². The van der Waals surface area contributed by atoms with Crippen molar-refractivity contribution >= 4 is 29.3 Å². The van der Waals surface area contributed by atoms with Gasteiger partial charge in [-0.3, -0.25) is 4.79 Å². The normalized spacial score (nSPS) is 17.5.